The third-order valence-corrected chi connectivity index (χ3v) is 4.55. The van der Waals surface area contributed by atoms with Gasteiger partial charge in [-0.1, -0.05) is 29.3 Å². The predicted octanol–water partition coefficient (Wildman–Crippen LogP) is 4.06. The van der Waals surface area contributed by atoms with Crippen molar-refractivity contribution < 1.29 is 4.55 Å². The quantitative estimate of drug-likeness (QED) is 0.505. The molecule has 6 heteroatoms. The Morgan fingerprint density at radius 3 is 2.68 bits per heavy atom. The maximum absolute atomic E-state index is 12.2. The van der Waals surface area contributed by atoms with Crippen LogP contribution >= 0.6 is 23.2 Å². The van der Waals surface area contributed by atoms with Crippen molar-refractivity contribution in [2.45, 2.75) is 38.0 Å². The molecule has 1 N–H and O–H groups in total. The van der Waals surface area contributed by atoms with Crippen LogP contribution in [0.15, 0.2) is 24.9 Å². The summed E-state index contributed by atoms with van der Waals surface area (Å²) in [5.74, 6) is 0. The average molecular weight is 321 g/mol. The van der Waals surface area contributed by atoms with Crippen LogP contribution in [0.1, 0.15) is 38.8 Å². The lowest BCUT2D eigenvalue weighted by Crippen LogP contribution is -2.41. The Labute approximate surface area is 127 Å². The summed E-state index contributed by atoms with van der Waals surface area (Å²) in [5.41, 5.74) is 0.728. The van der Waals surface area contributed by atoms with Crippen LogP contribution in [0.3, 0.4) is 0 Å². The lowest BCUT2D eigenvalue weighted by Gasteiger charge is -2.28. The zero-order valence-electron chi connectivity index (χ0n) is 11.2. The summed E-state index contributed by atoms with van der Waals surface area (Å²) >= 11 is 10.8. The second-order valence-corrected chi connectivity index (χ2v) is 7.90. The molecule has 1 rings (SSSR count). The lowest BCUT2D eigenvalue weighted by molar-refractivity contribution is 0.524. The second kappa shape index (κ2) is 6.95. The minimum atomic E-state index is -1.21. The molecule has 0 radical (unpaired) electrons. The number of nitrogens with zero attached hydrogens (tertiary/aromatic N) is 1. The van der Waals surface area contributed by atoms with Gasteiger partial charge in [0.25, 0.3) is 0 Å². The summed E-state index contributed by atoms with van der Waals surface area (Å²) in [6, 6.07) is 1.51. The van der Waals surface area contributed by atoms with Gasteiger partial charge in [-0.3, -0.25) is 0 Å². The number of hydrogen-bond acceptors (Lipinski definition) is 3. The molecule has 1 heterocycles. The largest absolute Gasteiger partial charge is 0.598 e. The van der Waals surface area contributed by atoms with Crippen molar-refractivity contribution in [1.82, 2.24) is 9.71 Å². The highest BCUT2D eigenvalue weighted by molar-refractivity contribution is 7.90. The van der Waals surface area contributed by atoms with Gasteiger partial charge in [-0.25, -0.2) is 4.98 Å². The Hall–Kier alpha value is -0.260. The van der Waals surface area contributed by atoms with E-state index in [0.29, 0.717) is 16.6 Å². The Balaban J connectivity index is 3.00. The Morgan fingerprint density at radius 1 is 1.53 bits per heavy atom. The fourth-order valence-corrected chi connectivity index (χ4v) is 2.63. The van der Waals surface area contributed by atoms with Crippen LogP contribution in [0, 0.1) is 0 Å². The van der Waals surface area contributed by atoms with Crippen molar-refractivity contribution in [2.75, 3.05) is 0 Å². The molecule has 0 fully saturated rings. The monoisotopic (exact) mass is 320 g/mol. The molecule has 2 atom stereocenters. The van der Waals surface area contributed by atoms with E-state index < -0.39 is 11.4 Å². The third kappa shape index (κ3) is 4.97. The summed E-state index contributed by atoms with van der Waals surface area (Å²) in [7, 11) is 0. The molecule has 106 valence electrons. The van der Waals surface area contributed by atoms with Crippen molar-refractivity contribution >= 4 is 34.6 Å². The molecular weight excluding hydrogens is 303 g/mol. The van der Waals surface area contributed by atoms with Gasteiger partial charge in [0.15, 0.2) is 0 Å². The summed E-state index contributed by atoms with van der Waals surface area (Å²) in [4.78, 5) is 4.01. The van der Waals surface area contributed by atoms with Gasteiger partial charge in [-0.15, -0.1) is 11.3 Å². The lowest BCUT2D eigenvalue weighted by atomic mass is 10.1. The van der Waals surface area contributed by atoms with Crippen molar-refractivity contribution in [2.24, 2.45) is 0 Å². The Bertz CT molecular complexity index is 449. The zero-order valence-corrected chi connectivity index (χ0v) is 13.6. The highest BCUT2D eigenvalue weighted by Gasteiger charge is 2.30. The number of nitrogens with one attached hydrogen (secondary N) is 1. The van der Waals surface area contributed by atoms with Crippen molar-refractivity contribution in [3.63, 3.8) is 0 Å². The minimum Gasteiger partial charge on any atom is -0.598 e. The van der Waals surface area contributed by atoms with Crippen molar-refractivity contribution in [3.05, 3.63) is 40.7 Å². The first kappa shape index (κ1) is 16.8. The van der Waals surface area contributed by atoms with E-state index in [1.165, 1.54) is 6.20 Å². The molecule has 0 saturated carbocycles. The van der Waals surface area contributed by atoms with E-state index >= 15 is 0 Å². The van der Waals surface area contributed by atoms with E-state index in [-0.39, 0.29) is 10.8 Å². The maximum Gasteiger partial charge on any atom is 0.136 e. The second-order valence-electron chi connectivity index (χ2n) is 5.11. The minimum absolute atomic E-state index is 0.226. The number of aromatic nitrogens is 1. The molecule has 0 unspecified atom stereocenters. The van der Waals surface area contributed by atoms with Gasteiger partial charge in [0.05, 0.1) is 11.1 Å². The van der Waals surface area contributed by atoms with Gasteiger partial charge in [-0.05, 0) is 33.3 Å². The highest BCUT2D eigenvalue weighted by atomic mass is 35.5. The first-order valence-electron chi connectivity index (χ1n) is 5.85. The molecule has 0 aliphatic heterocycles. The van der Waals surface area contributed by atoms with E-state index in [9.17, 15) is 4.55 Å². The molecule has 0 amide bonds. The average Bonchev–Trinajstić information content (AvgIpc) is 2.30. The Kier molecular flexibility index (Phi) is 6.15. The zero-order chi connectivity index (χ0) is 14.6. The van der Waals surface area contributed by atoms with E-state index in [1.807, 2.05) is 20.8 Å². The van der Waals surface area contributed by atoms with Crippen LogP contribution in [0.25, 0.3) is 0 Å². The van der Waals surface area contributed by atoms with Crippen LogP contribution in [-0.2, 0) is 11.4 Å². The van der Waals surface area contributed by atoms with Gasteiger partial charge >= 0.3 is 0 Å². The molecule has 0 saturated heterocycles. The SMILES string of the molecule is C=CC[C@H](N[S@@+]([O-])C(C)(C)C)c1cc(Cl)cnc1Cl. The third-order valence-electron chi connectivity index (χ3n) is 2.42. The van der Waals surface area contributed by atoms with E-state index in [2.05, 4.69) is 16.3 Å². The molecule has 0 spiro atoms. The number of pyridine rings is 1. The smallest absolute Gasteiger partial charge is 0.136 e. The first-order chi connectivity index (χ1) is 8.75. The van der Waals surface area contributed by atoms with E-state index in [1.54, 1.807) is 12.1 Å². The standard InChI is InChI=1S/C13H18Cl2N2OS/c1-5-6-11(17-19(18)13(2,3)4)10-7-9(14)8-16-12(10)15/h5,7-8,11,17H,1,6H2,2-4H3/t11-,19-/m0/s1. The first-order valence-corrected chi connectivity index (χ1v) is 7.76. The summed E-state index contributed by atoms with van der Waals surface area (Å²) in [6.45, 7) is 9.42. The molecule has 0 aliphatic carbocycles. The summed E-state index contributed by atoms with van der Waals surface area (Å²) in [5, 5.41) is 0.853. The maximum atomic E-state index is 12.2. The Morgan fingerprint density at radius 2 is 2.16 bits per heavy atom. The predicted molar refractivity (Wildman–Crippen MR) is 82.8 cm³/mol. The van der Waals surface area contributed by atoms with Crippen molar-refractivity contribution in [1.29, 1.82) is 0 Å². The summed E-state index contributed by atoms with van der Waals surface area (Å²) in [6.07, 6.45) is 3.82. The molecular formula is C13H18Cl2N2OS. The molecule has 19 heavy (non-hydrogen) atoms. The van der Waals surface area contributed by atoms with Gasteiger partial charge in [0.2, 0.25) is 0 Å². The van der Waals surface area contributed by atoms with Crippen LogP contribution in [-0.4, -0.2) is 14.3 Å². The van der Waals surface area contributed by atoms with Gasteiger partial charge in [0.1, 0.15) is 9.90 Å². The van der Waals surface area contributed by atoms with E-state index in [0.717, 1.165) is 5.56 Å². The van der Waals surface area contributed by atoms with Gasteiger partial charge in [-0.2, -0.15) is 0 Å². The van der Waals surface area contributed by atoms with Crippen molar-refractivity contribution in [3.8, 4) is 0 Å². The fourth-order valence-electron chi connectivity index (χ4n) is 1.39. The van der Waals surface area contributed by atoms with Crippen LogP contribution in [0.5, 0.6) is 0 Å². The van der Waals surface area contributed by atoms with Crippen LogP contribution in [0.4, 0.5) is 0 Å². The van der Waals surface area contributed by atoms with Crippen LogP contribution < -0.4 is 4.72 Å². The normalized spacial score (nSPS) is 15.1. The summed E-state index contributed by atoms with van der Waals surface area (Å²) < 4.78 is 14.9. The molecule has 0 bridgehead atoms. The fraction of sp³-hybridized carbons (Fsp3) is 0.462. The number of rotatable bonds is 5. The topological polar surface area (TPSA) is 48.0 Å². The van der Waals surface area contributed by atoms with Gasteiger partial charge < -0.3 is 4.55 Å². The molecule has 3 nitrogen and oxygen atoms in total. The van der Waals surface area contributed by atoms with E-state index in [4.69, 9.17) is 23.2 Å². The molecule has 0 aromatic carbocycles. The molecule has 1 aromatic rings. The highest BCUT2D eigenvalue weighted by Crippen LogP contribution is 2.28. The number of hydrogen-bond donors (Lipinski definition) is 1. The number of halogens is 2. The molecule has 0 aliphatic rings. The van der Waals surface area contributed by atoms with Gasteiger partial charge in [0, 0.05) is 23.1 Å². The molecule has 1 aromatic heterocycles. The van der Waals surface area contributed by atoms with Crippen LogP contribution in [0.2, 0.25) is 10.2 Å².